The van der Waals surface area contributed by atoms with Gasteiger partial charge in [-0.1, -0.05) is 13.5 Å². The number of hydrogen-bond donors (Lipinski definition) is 1. The van der Waals surface area contributed by atoms with Gasteiger partial charge in [-0.05, 0) is 42.4 Å². The fraction of sp³-hybridized carbons (Fsp3) is 0.500. The molecule has 0 aromatic heterocycles. The molecule has 0 radical (unpaired) electrons. The van der Waals surface area contributed by atoms with E-state index in [1.165, 1.54) is 7.11 Å². The minimum atomic E-state index is -1.11. The zero-order valence-electron chi connectivity index (χ0n) is 11.9. The average molecular weight is 274 g/mol. The Balaban J connectivity index is 2.16. The maximum absolute atomic E-state index is 12.4. The number of allylic oxidation sites excluding steroid dienone is 2. The predicted octanol–water partition coefficient (Wildman–Crippen LogP) is 1.56. The van der Waals surface area contributed by atoms with E-state index in [0.29, 0.717) is 11.8 Å². The fourth-order valence-corrected chi connectivity index (χ4v) is 3.78. The van der Waals surface area contributed by atoms with E-state index in [4.69, 9.17) is 0 Å². The van der Waals surface area contributed by atoms with Crippen molar-refractivity contribution < 1.29 is 19.4 Å². The lowest BCUT2D eigenvalue weighted by atomic mass is 9.68. The van der Waals surface area contributed by atoms with E-state index in [0.717, 1.165) is 17.6 Å². The molecule has 4 nitrogen and oxygen atoms in total. The van der Waals surface area contributed by atoms with Crippen molar-refractivity contribution in [3.8, 4) is 0 Å². The number of aliphatic hydroxyl groups excluding tert-OH is 1. The van der Waals surface area contributed by atoms with E-state index in [1.54, 1.807) is 13.0 Å². The smallest absolute Gasteiger partial charge is 0.334 e. The van der Waals surface area contributed by atoms with Gasteiger partial charge in [0.1, 0.15) is 6.10 Å². The molecule has 0 amide bonds. The van der Waals surface area contributed by atoms with Crippen LogP contribution in [0.4, 0.5) is 0 Å². The first-order chi connectivity index (χ1) is 9.33. The Hall–Kier alpha value is -1.68. The summed E-state index contributed by atoms with van der Waals surface area (Å²) in [6.07, 6.45) is 1.62. The predicted molar refractivity (Wildman–Crippen MR) is 72.7 cm³/mol. The van der Waals surface area contributed by atoms with Crippen molar-refractivity contribution in [2.24, 2.45) is 17.3 Å². The lowest BCUT2D eigenvalue weighted by Gasteiger charge is -2.37. The number of hydrogen-bond acceptors (Lipinski definition) is 4. The van der Waals surface area contributed by atoms with Crippen LogP contribution in [0.1, 0.15) is 20.3 Å². The van der Waals surface area contributed by atoms with E-state index >= 15 is 0 Å². The standard InChI is InChI=1S/C16H18O4/c1-7-9-5-12(9)16(3)11(7)6-10(13(17)14(16)18)8(2)15(19)20-4/h6,9,12,14,18H,1,5H2,2-4H3/b10-8-/t9-,12-,14+,16-/m1/s1. The van der Waals surface area contributed by atoms with E-state index in [2.05, 4.69) is 11.3 Å². The van der Waals surface area contributed by atoms with Crippen LogP contribution in [0.5, 0.6) is 0 Å². The van der Waals surface area contributed by atoms with Crippen LogP contribution in [-0.4, -0.2) is 30.1 Å². The molecule has 0 bridgehead atoms. The van der Waals surface area contributed by atoms with Crippen LogP contribution in [0.15, 0.2) is 34.9 Å². The molecular weight excluding hydrogens is 256 g/mol. The van der Waals surface area contributed by atoms with E-state index in [-0.39, 0.29) is 16.9 Å². The number of esters is 1. The third-order valence-electron chi connectivity index (χ3n) is 5.20. The first-order valence-corrected chi connectivity index (χ1v) is 6.76. The van der Waals surface area contributed by atoms with Crippen LogP contribution in [-0.2, 0) is 14.3 Å². The molecule has 3 rings (SSSR count). The molecule has 0 aromatic carbocycles. The van der Waals surface area contributed by atoms with E-state index in [1.807, 2.05) is 6.92 Å². The molecule has 20 heavy (non-hydrogen) atoms. The molecule has 1 N–H and O–H groups in total. The van der Waals surface area contributed by atoms with Crippen LogP contribution in [0.2, 0.25) is 0 Å². The minimum absolute atomic E-state index is 0.236. The van der Waals surface area contributed by atoms with Gasteiger partial charge in [0.15, 0.2) is 5.78 Å². The van der Waals surface area contributed by atoms with Crippen molar-refractivity contribution in [1.82, 2.24) is 0 Å². The van der Waals surface area contributed by atoms with Gasteiger partial charge in [-0.2, -0.15) is 0 Å². The molecule has 0 aliphatic heterocycles. The fourth-order valence-electron chi connectivity index (χ4n) is 3.78. The highest BCUT2D eigenvalue weighted by Gasteiger charge is 2.65. The number of Topliss-reactive ketones (excluding diaryl/α,β-unsaturated/α-hetero) is 1. The van der Waals surface area contributed by atoms with Crippen molar-refractivity contribution in [3.63, 3.8) is 0 Å². The Kier molecular flexibility index (Phi) is 2.61. The van der Waals surface area contributed by atoms with Crippen molar-refractivity contribution in [3.05, 3.63) is 34.9 Å². The second-order valence-electron chi connectivity index (χ2n) is 6.11. The molecule has 0 saturated heterocycles. The zero-order chi connectivity index (χ0) is 14.8. The third-order valence-corrected chi connectivity index (χ3v) is 5.20. The molecule has 2 saturated carbocycles. The van der Waals surface area contributed by atoms with Crippen molar-refractivity contribution in [1.29, 1.82) is 0 Å². The Morgan fingerprint density at radius 2 is 2.20 bits per heavy atom. The summed E-state index contributed by atoms with van der Waals surface area (Å²) < 4.78 is 4.66. The number of rotatable bonds is 1. The summed E-state index contributed by atoms with van der Waals surface area (Å²) in [5.74, 6) is -0.249. The molecule has 2 fully saturated rings. The number of aliphatic hydroxyl groups is 1. The van der Waals surface area contributed by atoms with Crippen molar-refractivity contribution in [2.75, 3.05) is 7.11 Å². The normalized spacial score (nSPS) is 40.8. The maximum Gasteiger partial charge on any atom is 0.334 e. The number of ether oxygens (including phenoxy) is 1. The minimum Gasteiger partial charge on any atom is -0.466 e. The number of ketones is 1. The monoisotopic (exact) mass is 274 g/mol. The van der Waals surface area contributed by atoms with Gasteiger partial charge < -0.3 is 9.84 Å². The van der Waals surface area contributed by atoms with Crippen LogP contribution >= 0.6 is 0 Å². The molecule has 3 aliphatic carbocycles. The van der Waals surface area contributed by atoms with Gasteiger partial charge in [0.25, 0.3) is 0 Å². The number of fused-ring (bicyclic) bond motifs is 3. The van der Waals surface area contributed by atoms with Gasteiger partial charge in [0, 0.05) is 16.6 Å². The number of carbonyl (C=O) groups is 2. The summed E-state index contributed by atoms with van der Waals surface area (Å²) in [7, 11) is 1.27. The van der Waals surface area contributed by atoms with Crippen molar-refractivity contribution >= 4 is 11.8 Å². The molecule has 0 heterocycles. The second kappa shape index (κ2) is 3.92. The lowest BCUT2D eigenvalue weighted by molar-refractivity contribution is -0.137. The zero-order valence-corrected chi connectivity index (χ0v) is 11.9. The highest BCUT2D eigenvalue weighted by atomic mass is 16.5. The summed E-state index contributed by atoms with van der Waals surface area (Å²) in [6.45, 7) is 7.57. The van der Waals surface area contributed by atoms with Crippen molar-refractivity contribution in [2.45, 2.75) is 26.4 Å². The molecule has 4 heteroatoms. The summed E-state index contributed by atoms with van der Waals surface area (Å²) in [5.41, 5.74) is 1.86. The molecule has 4 atom stereocenters. The Morgan fingerprint density at radius 3 is 2.80 bits per heavy atom. The van der Waals surface area contributed by atoms with Gasteiger partial charge >= 0.3 is 5.97 Å². The summed E-state index contributed by atoms with van der Waals surface area (Å²) in [4.78, 5) is 24.0. The highest BCUT2D eigenvalue weighted by Crippen LogP contribution is 2.69. The molecule has 0 aromatic rings. The quantitative estimate of drug-likeness (QED) is 0.582. The first kappa shape index (κ1) is 13.3. The number of carbonyl (C=O) groups excluding carboxylic acids is 2. The second-order valence-corrected chi connectivity index (χ2v) is 6.11. The van der Waals surface area contributed by atoms with Gasteiger partial charge in [0.2, 0.25) is 0 Å². The van der Waals surface area contributed by atoms with Crippen LogP contribution in [0.25, 0.3) is 0 Å². The van der Waals surface area contributed by atoms with Gasteiger partial charge in [-0.25, -0.2) is 4.79 Å². The topological polar surface area (TPSA) is 63.6 Å². The van der Waals surface area contributed by atoms with Crippen LogP contribution in [0.3, 0.4) is 0 Å². The van der Waals surface area contributed by atoms with Crippen LogP contribution < -0.4 is 0 Å². The van der Waals surface area contributed by atoms with Gasteiger partial charge in [-0.15, -0.1) is 0 Å². The first-order valence-electron chi connectivity index (χ1n) is 6.76. The van der Waals surface area contributed by atoms with Crippen LogP contribution in [0, 0.1) is 17.3 Å². The Morgan fingerprint density at radius 1 is 1.55 bits per heavy atom. The molecule has 0 unspecified atom stereocenters. The summed E-state index contributed by atoms with van der Waals surface area (Å²) >= 11 is 0. The Bertz CT molecular complexity index is 610. The lowest BCUT2D eigenvalue weighted by Crippen LogP contribution is -2.44. The molecule has 3 aliphatic rings. The molecule has 0 spiro atoms. The van der Waals surface area contributed by atoms with Gasteiger partial charge in [-0.3, -0.25) is 4.79 Å². The maximum atomic E-state index is 12.4. The van der Waals surface area contributed by atoms with E-state index < -0.39 is 17.5 Å². The Labute approximate surface area is 117 Å². The number of methoxy groups -OCH3 is 1. The highest BCUT2D eigenvalue weighted by molar-refractivity contribution is 6.09. The summed E-state index contributed by atoms with van der Waals surface area (Å²) in [5, 5.41) is 10.5. The average Bonchev–Trinajstić information content (AvgIpc) is 3.20. The largest absolute Gasteiger partial charge is 0.466 e. The van der Waals surface area contributed by atoms with Gasteiger partial charge in [0.05, 0.1) is 7.11 Å². The molecule has 106 valence electrons. The third kappa shape index (κ3) is 1.40. The molecular formula is C16H18O4. The SMILES string of the molecule is C=C1C2=C/C(=C(\C)C(=O)OC)C(=O)[C@H](O)[C@@]2(C)[C@@H]2C[C@H]12. The summed E-state index contributed by atoms with van der Waals surface area (Å²) in [6, 6.07) is 0. The van der Waals surface area contributed by atoms with E-state index in [9.17, 15) is 14.7 Å².